The Balaban J connectivity index is 2.12. The van der Waals surface area contributed by atoms with Crippen LogP contribution in [0.3, 0.4) is 0 Å². The van der Waals surface area contributed by atoms with E-state index in [0.29, 0.717) is 10.3 Å². The van der Waals surface area contributed by atoms with Crippen LogP contribution < -0.4 is 10.5 Å². The molecule has 0 aliphatic heterocycles. The van der Waals surface area contributed by atoms with Crippen LogP contribution in [0.15, 0.2) is 14.7 Å². The second-order valence-corrected chi connectivity index (χ2v) is 8.68. The van der Waals surface area contributed by atoms with E-state index in [4.69, 9.17) is 10.5 Å². The van der Waals surface area contributed by atoms with Gasteiger partial charge in [0, 0.05) is 24.6 Å². The van der Waals surface area contributed by atoms with Gasteiger partial charge < -0.3 is 10.5 Å². The minimum Gasteiger partial charge on any atom is -0.381 e. The number of sulfonamides is 1. The van der Waals surface area contributed by atoms with Crippen molar-refractivity contribution in [1.82, 2.24) is 4.72 Å². The lowest BCUT2D eigenvalue weighted by Crippen LogP contribution is -2.33. The van der Waals surface area contributed by atoms with Crippen molar-refractivity contribution in [3.05, 3.63) is 14.7 Å². The van der Waals surface area contributed by atoms with E-state index in [1.54, 1.807) is 13.2 Å². The molecule has 0 spiro atoms. The van der Waals surface area contributed by atoms with Crippen molar-refractivity contribution in [2.75, 3.05) is 7.11 Å². The Morgan fingerprint density at radius 2 is 2.32 bits per heavy atom. The Morgan fingerprint density at radius 3 is 2.84 bits per heavy atom. The first kappa shape index (κ1) is 15.4. The van der Waals surface area contributed by atoms with Crippen molar-refractivity contribution in [2.45, 2.75) is 42.8 Å². The fraction of sp³-hybridized carbons (Fsp3) is 0.636. The molecule has 5 nitrogen and oxygen atoms in total. The van der Waals surface area contributed by atoms with E-state index >= 15 is 0 Å². The highest BCUT2D eigenvalue weighted by molar-refractivity contribution is 9.11. The molecular weight excluding hydrogens is 352 g/mol. The molecule has 19 heavy (non-hydrogen) atoms. The summed E-state index contributed by atoms with van der Waals surface area (Å²) in [7, 11) is -1.84. The number of thiophene rings is 1. The average Bonchev–Trinajstić information content (AvgIpc) is 2.95. The Labute approximate surface area is 125 Å². The van der Waals surface area contributed by atoms with E-state index in [2.05, 4.69) is 20.7 Å². The zero-order chi connectivity index (χ0) is 14.0. The fourth-order valence-electron chi connectivity index (χ4n) is 2.23. The van der Waals surface area contributed by atoms with Crippen LogP contribution in [-0.4, -0.2) is 27.7 Å². The summed E-state index contributed by atoms with van der Waals surface area (Å²) in [5.41, 5.74) is 5.53. The van der Waals surface area contributed by atoms with Gasteiger partial charge in [-0.2, -0.15) is 0 Å². The molecule has 2 rings (SSSR count). The largest absolute Gasteiger partial charge is 0.381 e. The van der Waals surface area contributed by atoms with Gasteiger partial charge in [0.1, 0.15) is 4.90 Å². The maximum absolute atomic E-state index is 12.3. The first-order valence-corrected chi connectivity index (χ1v) is 9.09. The monoisotopic (exact) mass is 368 g/mol. The molecular formula is C11H17BrN2O3S2. The van der Waals surface area contributed by atoms with Crippen molar-refractivity contribution in [3.63, 3.8) is 0 Å². The van der Waals surface area contributed by atoms with Crippen molar-refractivity contribution in [2.24, 2.45) is 5.73 Å². The quantitative estimate of drug-likeness (QED) is 0.830. The lowest BCUT2D eigenvalue weighted by atomic mass is 10.3. The number of hydrogen-bond acceptors (Lipinski definition) is 5. The Hall–Kier alpha value is 0.01000. The molecule has 1 aliphatic carbocycles. The number of rotatable bonds is 5. The summed E-state index contributed by atoms with van der Waals surface area (Å²) >= 11 is 4.64. The van der Waals surface area contributed by atoms with Gasteiger partial charge in [0.15, 0.2) is 0 Å². The van der Waals surface area contributed by atoms with Crippen LogP contribution in [0.25, 0.3) is 0 Å². The van der Waals surface area contributed by atoms with Gasteiger partial charge in [-0.3, -0.25) is 0 Å². The second-order valence-electron chi connectivity index (χ2n) is 4.54. The molecule has 2 atom stereocenters. The van der Waals surface area contributed by atoms with E-state index in [-0.39, 0.29) is 17.0 Å². The number of halogens is 1. The molecule has 3 N–H and O–H groups in total. The molecule has 0 amide bonds. The zero-order valence-electron chi connectivity index (χ0n) is 10.6. The maximum atomic E-state index is 12.3. The second kappa shape index (κ2) is 6.19. The van der Waals surface area contributed by atoms with Gasteiger partial charge >= 0.3 is 0 Å². The summed E-state index contributed by atoms with van der Waals surface area (Å²) in [6.45, 7) is 0.341. The molecule has 0 radical (unpaired) electrons. The summed E-state index contributed by atoms with van der Waals surface area (Å²) in [6, 6.07) is 1.57. The Kier molecular flexibility index (Phi) is 5.02. The predicted octanol–water partition coefficient (Wildman–Crippen LogP) is 1.82. The summed E-state index contributed by atoms with van der Waals surface area (Å²) in [4.78, 5) is 1.12. The lowest BCUT2D eigenvalue weighted by Gasteiger charge is -2.12. The normalized spacial score (nSPS) is 23.9. The number of hydrogen-bond donors (Lipinski definition) is 2. The molecule has 0 bridgehead atoms. The molecule has 0 aromatic carbocycles. The van der Waals surface area contributed by atoms with Crippen LogP contribution in [0.5, 0.6) is 0 Å². The molecule has 1 aromatic rings. The third kappa shape index (κ3) is 3.56. The van der Waals surface area contributed by atoms with Crippen molar-refractivity contribution >= 4 is 37.3 Å². The molecule has 0 saturated heterocycles. The van der Waals surface area contributed by atoms with Crippen LogP contribution in [0, 0.1) is 0 Å². The van der Waals surface area contributed by atoms with Crippen LogP contribution in [-0.2, 0) is 21.3 Å². The van der Waals surface area contributed by atoms with E-state index in [0.717, 1.165) is 24.1 Å². The third-order valence-electron chi connectivity index (χ3n) is 3.24. The number of methoxy groups -OCH3 is 1. The topological polar surface area (TPSA) is 81.4 Å². The first-order valence-electron chi connectivity index (χ1n) is 5.99. The summed E-state index contributed by atoms with van der Waals surface area (Å²) in [5.74, 6) is 0. The average molecular weight is 369 g/mol. The molecule has 8 heteroatoms. The SMILES string of the molecule is COC1CCC(NS(=O)(=O)c2cc(CN)sc2Br)C1. The van der Waals surface area contributed by atoms with Gasteiger partial charge in [-0.25, -0.2) is 13.1 Å². The van der Waals surface area contributed by atoms with Crippen molar-refractivity contribution in [1.29, 1.82) is 0 Å². The van der Waals surface area contributed by atoms with Gasteiger partial charge in [0.05, 0.1) is 9.89 Å². The highest BCUT2D eigenvalue weighted by Crippen LogP contribution is 2.32. The molecule has 2 unspecified atom stereocenters. The smallest absolute Gasteiger partial charge is 0.242 e. The number of nitrogens with one attached hydrogen (secondary N) is 1. The van der Waals surface area contributed by atoms with Gasteiger partial charge in [-0.15, -0.1) is 11.3 Å². The Bertz CT molecular complexity index is 544. The van der Waals surface area contributed by atoms with E-state index in [1.165, 1.54) is 11.3 Å². The Morgan fingerprint density at radius 1 is 1.58 bits per heavy atom. The van der Waals surface area contributed by atoms with E-state index in [1.807, 2.05) is 0 Å². The van der Waals surface area contributed by atoms with Crippen LogP contribution in [0.2, 0.25) is 0 Å². The van der Waals surface area contributed by atoms with E-state index in [9.17, 15) is 8.42 Å². The number of ether oxygens (including phenoxy) is 1. The van der Waals surface area contributed by atoms with Gasteiger partial charge in [0.25, 0.3) is 0 Å². The third-order valence-corrected chi connectivity index (χ3v) is 7.03. The van der Waals surface area contributed by atoms with Gasteiger partial charge in [-0.05, 0) is 41.3 Å². The molecule has 1 aliphatic rings. The van der Waals surface area contributed by atoms with Crippen molar-refractivity contribution in [3.8, 4) is 0 Å². The fourth-order valence-corrected chi connectivity index (χ4v) is 6.07. The minimum atomic E-state index is -3.49. The molecule has 1 aromatic heterocycles. The maximum Gasteiger partial charge on any atom is 0.242 e. The van der Waals surface area contributed by atoms with Gasteiger partial charge in [0.2, 0.25) is 10.0 Å². The molecule has 108 valence electrons. The molecule has 1 heterocycles. The van der Waals surface area contributed by atoms with Gasteiger partial charge in [-0.1, -0.05) is 0 Å². The summed E-state index contributed by atoms with van der Waals surface area (Å²) < 4.78 is 33.2. The molecule has 1 fully saturated rings. The highest BCUT2D eigenvalue weighted by Gasteiger charge is 2.30. The van der Waals surface area contributed by atoms with Crippen LogP contribution >= 0.6 is 27.3 Å². The standard InChI is InChI=1S/C11H17BrN2O3S2/c1-17-8-3-2-7(4-8)14-19(15,16)10-5-9(6-13)18-11(10)12/h5,7-8,14H,2-4,6,13H2,1H3. The molecule has 1 saturated carbocycles. The highest BCUT2D eigenvalue weighted by atomic mass is 79.9. The first-order chi connectivity index (χ1) is 8.96. The van der Waals surface area contributed by atoms with E-state index < -0.39 is 10.0 Å². The van der Waals surface area contributed by atoms with Crippen LogP contribution in [0.1, 0.15) is 24.1 Å². The minimum absolute atomic E-state index is 0.0527. The number of nitrogens with two attached hydrogens (primary N) is 1. The van der Waals surface area contributed by atoms with Crippen molar-refractivity contribution < 1.29 is 13.2 Å². The predicted molar refractivity (Wildman–Crippen MR) is 78.7 cm³/mol. The zero-order valence-corrected chi connectivity index (χ0v) is 13.8. The lowest BCUT2D eigenvalue weighted by molar-refractivity contribution is 0.107. The van der Waals surface area contributed by atoms with Crippen LogP contribution in [0.4, 0.5) is 0 Å². The summed E-state index contributed by atoms with van der Waals surface area (Å²) in [5, 5.41) is 0. The summed E-state index contributed by atoms with van der Waals surface area (Å²) in [6.07, 6.45) is 2.57.